The largest absolute Gasteiger partial charge is 0.394 e. The van der Waals surface area contributed by atoms with Crippen molar-refractivity contribution < 1.29 is 14.6 Å². The molecule has 26 heavy (non-hydrogen) atoms. The maximum Gasteiger partial charge on any atom is 0.223 e. The molecule has 0 fully saturated rings. The van der Waals surface area contributed by atoms with Crippen molar-refractivity contribution in [3.63, 3.8) is 0 Å². The molecule has 5 heteroatoms. The normalized spacial score (nSPS) is 13.9. The maximum atomic E-state index is 12.1. The molecule has 0 aliphatic carbocycles. The molecule has 1 amide bonds. The first kappa shape index (κ1) is 25.4. The molecule has 0 aliphatic heterocycles. The van der Waals surface area contributed by atoms with Gasteiger partial charge >= 0.3 is 0 Å². The fourth-order valence-corrected chi connectivity index (χ4v) is 3.18. The SMILES string of the molecule is CCCCCCC(Cl)CCCCC=CCCC(=O)N(C)[C@H](CO)COC. The number of aliphatic hydroxyl groups is 1. The summed E-state index contributed by atoms with van der Waals surface area (Å²) in [4.78, 5) is 13.6. The summed E-state index contributed by atoms with van der Waals surface area (Å²) in [5.41, 5.74) is 0. The predicted molar refractivity (Wildman–Crippen MR) is 111 cm³/mol. The number of unbranched alkanes of at least 4 members (excludes halogenated alkanes) is 5. The number of hydrogen-bond donors (Lipinski definition) is 1. The van der Waals surface area contributed by atoms with E-state index in [0.717, 1.165) is 32.1 Å². The zero-order valence-corrected chi connectivity index (χ0v) is 17.8. The number of halogens is 1. The van der Waals surface area contributed by atoms with Crippen LogP contribution in [0.2, 0.25) is 0 Å². The smallest absolute Gasteiger partial charge is 0.223 e. The summed E-state index contributed by atoms with van der Waals surface area (Å²) in [6, 6.07) is -0.262. The average Bonchev–Trinajstić information content (AvgIpc) is 2.64. The Hall–Kier alpha value is -0.580. The molecule has 0 saturated carbocycles. The lowest BCUT2D eigenvalue weighted by Crippen LogP contribution is -2.42. The first-order chi connectivity index (χ1) is 12.6. The van der Waals surface area contributed by atoms with Gasteiger partial charge in [-0.1, -0.05) is 51.2 Å². The van der Waals surface area contributed by atoms with Crippen LogP contribution in [0.4, 0.5) is 0 Å². The molecule has 2 atom stereocenters. The van der Waals surface area contributed by atoms with E-state index in [-0.39, 0.29) is 18.6 Å². The summed E-state index contributed by atoms with van der Waals surface area (Å²) in [7, 11) is 3.29. The van der Waals surface area contributed by atoms with Crippen LogP contribution in [-0.4, -0.2) is 54.7 Å². The number of alkyl halides is 1. The van der Waals surface area contributed by atoms with Gasteiger partial charge in [-0.25, -0.2) is 0 Å². The number of rotatable bonds is 17. The average molecular weight is 390 g/mol. The molecule has 0 radical (unpaired) electrons. The number of nitrogens with zero attached hydrogens (tertiary/aromatic N) is 1. The highest BCUT2D eigenvalue weighted by atomic mass is 35.5. The fourth-order valence-electron chi connectivity index (χ4n) is 2.87. The Morgan fingerprint density at radius 3 is 2.38 bits per heavy atom. The molecule has 4 nitrogen and oxygen atoms in total. The van der Waals surface area contributed by atoms with E-state index >= 15 is 0 Å². The van der Waals surface area contributed by atoms with Gasteiger partial charge in [0.1, 0.15) is 0 Å². The van der Waals surface area contributed by atoms with Crippen molar-refractivity contribution in [2.24, 2.45) is 0 Å². The Bertz CT molecular complexity index is 363. The van der Waals surface area contributed by atoms with Crippen molar-refractivity contribution in [3.05, 3.63) is 12.2 Å². The van der Waals surface area contributed by atoms with Crippen LogP contribution >= 0.6 is 11.6 Å². The number of ether oxygens (including phenoxy) is 1. The second-order valence-corrected chi connectivity index (χ2v) is 7.65. The van der Waals surface area contributed by atoms with Gasteiger partial charge < -0.3 is 14.7 Å². The zero-order valence-electron chi connectivity index (χ0n) is 17.1. The van der Waals surface area contributed by atoms with Crippen LogP contribution in [0.1, 0.15) is 77.6 Å². The number of carbonyl (C=O) groups excluding carboxylic acids is 1. The predicted octanol–water partition coefficient (Wildman–Crippen LogP) is 4.93. The molecule has 0 aromatic rings. The quantitative estimate of drug-likeness (QED) is 0.218. The molecular formula is C21H40ClNO3. The van der Waals surface area contributed by atoms with Crippen molar-refractivity contribution in [1.29, 1.82) is 0 Å². The van der Waals surface area contributed by atoms with Crippen LogP contribution in [0, 0.1) is 0 Å². The first-order valence-electron chi connectivity index (χ1n) is 10.2. The van der Waals surface area contributed by atoms with E-state index in [1.54, 1.807) is 19.1 Å². The van der Waals surface area contributed by atoms with E-state index in [2.05, 4.69) is 19.1 Å². The molecular weight excluding hydrogens is 350 g/mol. The highest BCUT2D eigenvalue weighted by molar-refractivity contribution is 6.20. The zero-order chi connectivity index (χ0) is 19.6. The van der Waals surface area contributed by atoms with Crippen LogP contribution in [0.3, 0.4) is 0 Å². The van der Waals surface area contributed by atoms with E-state index < -0.39 is 0 Å². The lowest BCUT2D eigenvalue weighted by Gasteiger charge is -2.25. The Morgan fingerprint density at radius 2 is 1.77 bits per heavy atom. The summed E-state index contributed by atoms with van der Waals surface area (Å²) in [6.07, 6.45) is 16.2. The van der Waals surface area contributed by atoms with Crippen molar-refractivity contribution in [2.45, 2.75) is 89.0 Å². The number of aliphatic hydroxyl groups excluding tert-OH is 1. The van der Waals surface area contributed by atoms with Gasteiger partial charge in [-0.15, -0.1) is 11.6 Å². The van der Waals surface area contributed by atoms with Gasteiger partial charge in [-0.3, -0.25) is 4.79 Å². The second-order valence-electron chi connectivity index (χ2n) is 7.04. The minimum atomic E-state index is -0.262. The van der Waals surface area contributed by atoms with E-state index in [1.807, 2.05) is 0 Å². The van der Waals surface area contributed by atoms with Gasteiger partial charge in [-0.05, 0) is 32.1 Å². The number of amides is 1. The number of methoxy groups -OCH3 is 1. The maximum absolute atomic E-state index is 12.1. The monoisotopic (exact) mass is 389 g/mol. The topological polar surface area (TPSA) is 49.8 Å². The second kappa shape index (κ2) is 17.8. The van der Waals surface area contributed by atoms with E-state index in [1.165, 1.54) is 32.1 Å². The van der Waals surface area contributed by atoms with Gasteiger partial charge in [0.15, 0.2) is 0 Å². The van der Waals surface area contributed by atoms with Crippen LogP contribution < -0.4 is 0 Å². The number of likely N-dealkylation sites (N-methyl/N-ethyl adjacent to an activating group) is 1. The molecule has 0 bridgehead atoms. The molecule has 0 heterocycles. The molecule has 0 saturated heterocycles. The van der Waals surface area contributed by atoms with Gasteiger partial charge in [0, 0.05) is 26.0 Å². The Labute approximate surface area is 165 Å². The number of carbonyl (C=O) groups is 1. The van der Waals surface area contributed by atoms with Crippen LogP contribution in [-0.2, 0) is 9.53 Å². The van der Waals surface area contributed by atoms with Gasteiger partial charge in [0.25, 0.3) is 0 Å². The number of hydrogen-bond acceptors (Lipinski definition) is 3. The van der Waals surface area contributed by atoms with E-state index in [0.29, 0.717) is 18.4 Å². The van der Waals surface area contributed by atoms with Crippen molar-refractivity contribution >= 4 is 17.5 Å². The summed E-state index contributed by atoms with van der Waals surface area (Å²) in [6.45, 7) is 2.51. The first-order valence-corrected chi connectivity index (χ1v) is 10.6. The highest BCUT2D eigenvalue weighted by Gasteiger charge is 2.18. The molecule has 0 aromatic heterocycles. The summed E-state index contributed by atoms with van der Waals surface area (Å²) < 4.78 is 5.02. The molecule has 0 spiro atoms. The van der Waals surface area contributed by atoms with Crippen molar-refractivity contribution in [2.75, 3.05) is 27.4 Å². The minimum Gasteiger partial charge on any atom is -0.394 e. The summed E-state index contributed by atoms with van der Waals surface area (Å²) in [5.74, 6) is 0.0406. The highest BCUT2D eigenvalue weighted by Crippen LogP contribution is 2.16. The van der Waals surface area contributed by atoms with Gasteiger partial charge in [0.2, 0.25) is 5.91 Å². The van der Waals surface area contributed by atoms with Gasteiger partial charge in [0.05, 0.1) is 19.3 Å². The summed E-state index contributed by atoms with van der Waals surface area (Å²) in [5, 5.41) is 9.61. The third kappa shape index (κ3) is 13.6. The standard InChI is InChI=1S/C21H40ClNO3/c1-4-5-6-11-14-19(22)15-12-9-7-8-10-13-16-21(25)23(2)20(17-24)18-26-3/h8,10,19-20,24H,4-7,9,11-18H2,1-3H3/t19?,20-/m1/s1. The summed E-state index contributed by atoms with van der Waals surface area (Å²) >= 11 is 6.36. The Balaban J connectivity index is 3.67. The minimum absolute atomic E-state index is 0.0406. The van der Waals surface area contributed by atoms with E-state index in [9.17, 15) is 9.90 Å². The lowest BCUT2D eigenvalue weighted by atomic mass is 10.1. The molecule has 0 aromatic carbocycles. The van der Waals surface area contributed by atoms with Crippen LogP contribution in [0.25, 0.3) is 0 Å². The van der Waals surface area contributed by atoms with Crippen LogP contribution in [0.15, 0.2) is 12.2 Å². The third-order valence-electron chi connectivity index (χ3n) is 4.71. The Morgan fingerprint density at radius 1 is 1.12 bits per heavy atom. The molecule has 0 rings (SSSR count). The fraction of sp³-hybridized carbons (Fsp3) is 0.857. The number of allylic oxidation sites excluding steroid dienone is 2. The van der Waals surface area contributed by atoms with Crippen molar-refractivity contribution in [3.8, 4) is 0 Å². The van der Waals surface area contributed by atoms with Gasteiger partial charge in [-0.2, -0.15) is 0 Å². The molecule has 154 valence electrons. The molecule has 1 unspecified atom stereocenters. The lowest BCUT2D eigenvalue weighted by molar-refractivity contribution is -0.133. The van der Waals surface area contributed by atoms with E-state index in [4.69, 9.17) is 16.3 Å². The van der Waals surface area contributed by atoms with Crippen LogP contribution in [0.5, 0.6) is 0 Å². The molecule has 0 aliphatic rings. The van der Waals surface area contributed by atoms with Crippen molar-refractivity contribution in [1.82, 2.24) is 4.90 Å². The Kier molecular flexibility index (Phi) is 17.4. The third-order valence-corrected chi connectivity index (χ3v) is 5.15. The molecule has 1 N–H and O–H groups in total.